The fraction of sp³-hybridized carbons (Fsp3) is 0.333. The Balaban J connectivity index is 2.27. The third kappa shape index (κ3) is 4.76. The quantitative estimate of drug-likeness (QED) is 0.606. The van der Waals surface area contributed by atoms with Crippen molar-refractivity contribution in [1.29, 1.82) is 0 Å². The van der Waals surface area contributed by atoms with Gasteiger partial charge in [-0.25, -0.2) is 9.78 Å². The average Bonchev–Trinajstić information content (AvgIpc) is 2.56. The molecule has 0 fully saturated rings. The van der Waals surface area contributed by atoms with Crippen molar-refractivity contribution >= 4 is 29.0 Å². The van der Waals surface area contributed by atoms with Crippen molar-refractivity contribution in [2.24, 2.45) is 16.1 Å². The lowest BCUT2D eigenvalue weighted by Gasteiger charge is -2.25. The summed E-state index contributed by atoms with van der Waals surface area (Å²) < 4.78 is 5.45. The zero-order valence-electron chi connectivity index (χ0n) is 15.4. The molecule has 8 nitrogen and oxygen atoms in total. The molecule has 1 aromatic heterocycles. The highest BCUT2D eigenvalue weighted by Crippen LogP contribution is 2.32. The summed E-state index contributed by atoms with van der Waals surface area (Å²) in [5, 5.41) is 8.17. The van der Waals surface area contributed by atoms with Gasteiger partial charge in [-0.05, 0) is 32.1 Å². The van der Waals surface area contributed by atoms with E-state index in [1.165, 1.54) is 6.07 Å². The topological polar surface area (TPSA) is 119 Å². The lowest BCUT2D eigenvalue weighted by Crippen LogP contribution is -2.42. The van der Waals surface area contributed by atoms with Crippen LogP contribution in [0.1, 0.15) is 13.8 Å². The Hall–Kier alpha value is -3.00. The van der Waals surface area contributed by atoms with E-state index in [1.807, 2.05) is 46.1 Å². The van der Waals surface area contributed by atoms with Crippen LogP contribution in [0, 0.1) is 5.92 Å². The number of benzene rings is 1. The Labute approximate surface area is 152 Å². The number of hydrogen-bond donors (Lipinski definition) is 2. The van der Waals surface area contributed by atoms with Crippen molar-refractivity contribution in [2.75, 3.05) is 25.6 Å². The Morgan fingerprint density at radius 2 is 1.77 bits per heavy atom. The maximum atomic E-state index is 12.5. The Bertz CT molecular complexity index is 782. The number of aromatic nitrogens is 1. The molecule has 1 unspecified atom stereocenters. The summed E-state index contributed by atoms with van der Waals surface area (Å²) in [6, 6.07) is 10.2. The maximum absolute atomic E-state index is 12.5. The van der Waals surface area contributed by atoms with Gasteiger partial charge >= 0.3 is 5.97 Å². The molecule has 0 aliphatic carbocycles. The second kappa shape index (κ2) is 8.39. The molecule has 26 heavy (non-hydrogen) atoms. The molecule has 0 saturated heterocycles. The molecule has 0 saturated carbocycles. The van der Waals surface area contributed by atoms with Crippen LogP contribution in [0.3, 0.4) is 0 Å². The van der Waals surface area contributed by atoms with Gasteiger partial charge in [-0.15, -0.1) is 5.11 Å². The largest absolute Gasteiger partial charge is 0.421 e. The van der Waals surface area contributed by atoms with Crippen LogP contribution >= 0.6 is 0 Å². The van der Waals surface area contributed by atoms with Gasteiger partial charge in [0.25, 0.3) is 0 Å². The molecule has 2 rings (SSSR count). The van der Waals surface area contributed by atoms with Crippen molar-refractivity contribution in [1.82, 2.24) is 9.88 Å². The summed E-state index contributed by atoms with van der Waals surface area (Å²) in [7, 11) is 3.63. The number of likely N-dealkylation sites (N-methyl/N-ethyl adjacent to an activating group) is 1. The number of hydrogen-bond acceptors (Lipinski definition) is 8. The first-order valence-corrected chi connectivity index (χ1v) is 8.20. The summed E-state index contributed by atoms with van der Waals surface area (Å²) in [6.07, 6.45) is 0. The number of carbonyl (C=O) groups excluding carboxylic acids is 1. The van der Waals surface area contributed by atoms with Crippen LogP contribution in [0.5, 0.6) is 5.75 Å². The molecule has 138 valence electrons. The van der Waals surface area contributed by atoms with E-state index in [2.05, 4.69) is 15.2 Å². The number of azo groups is 1. The Kier molecular flexibility index (Phi) is 6.24. The second-order valence-corrected chi connectivity index (χ2v) is 6.39. The lowest BCUT2D eigenvalue weighted by molar-refractivity contribution is -0.141. The van der Waals surface area contributed by atoms with Gasteiger partial charge in [0.1, 0.15) is 11.7 Å². The third-order valence-corrected chi connectivity index (χ3v) is 3.69. The number of ether oxygens (including phenoxy) is 1. The van der Waals surface area contributed by atoms with E-state index in [0.717, 1.165) is 0 Å². The molecular weight excluding hydrogens is 332 g/mol. The average molecular weight is 356 g/mol. The standard InChI is InChI=1S/C18H24N6O2/c1-11(2)15(24(3)4)18(25)26-14-10-13(16(19)21-17(14)20)23-22-12-8-6-5-7-9-12/h5-11,15H,1-4H3,(H4,19,20,21). The van der Waals surface area contributed by atoms with Crippen molar-refractivity contribution in [3.63, 3.8) is 0 Å². The Morgan fingerprint density at radius 3 is 2.35 bits per heavy atom. The van der Waals surface area contributed by atoms with Crippen LogP contribution in [0.2, 0.25) is 0 Å². The van der Waals surface area contributed by atoms with E-state index in [9.17, 15) is 4.79 Å². The van der Waals surface area contributed by atoms with Crippen LogP contribution in [-0.4, -0.2) is 36.0 Å². The van der Waals surface area contributed by atoms with Crippen molar-refractivity contribution in [3.8, 4) is 5.75 Å². The van der Waals surface area contributed by atoms with E-state index < -0.39 is 12.0 Å². The van der Waals surface area contributed by atoms with Crippen LogP contribution in [0.4, 0.5) is 23.0 Å². The van der Waals surface area contributed by atoms with Gasteiger partial charge in [0.2, 0.25) is 0 Å². The molecule has 8 heteroatoms. The Morgan fingerprint density at radius 1 is 1.12 bits per heavy atom. The summed E-state index contributed by atoms with van der Waals surface area (Å²) >= 11 is 0. The van der Waals surface area contributed by atoms with Gasteiger partial charge < -0.3 is 16.2 Å². The SMILES string of the molecule is CC(C)C(C(=O)Oc1cc(N=Nc2ccccc2)c(N)nc1N)N(C)C. The van der Waals surface area contributed by atoms with Gasteiger partial charge in [0.05, 0.1) is 5.69 Å². The molecule has 1 heterocycles. The number of nitrogens with two attached hydrogens (primary N) is 2. The number of anilines is 2. The molecule has 0 spiro atoms. The fourth-order valence-electron chi connectivity index (χ4n) is 2.53. The molecule has 0 amide bonds. The monoisotopic (exact) mass is 356 g/mol. The van der Waals surface area contributed by atoms with Crippen LogP contribution < -0.4 is 16.2 Å². The summed E-state index contributed by atoms with van der Waals surface area (Å²) in [4.78, 5) is 18.3. The molecular formula is C18H24N6O2. The van der Waals surface area contributed by atoms with Gasteiger partial charge in [-0.3, -0.25) is 4.90 Å². The highest BCUT2D eigenvalue weighted by atomic mass is 16.5. The molecule has 0 aliphatic heterocycles. The molecule has 1 atom stereocenters. The predicted octanol–water partition coefficient (Wildman–Crippen LogP) is 3.15. The fourth-order valence-corrected chi connectivity index (χ4v) is 2.53. The summed E-state index contributed by atoms with van der Waals surface area (Å²) in [6.45, 7) is 3.88. The maximum Gasteiger partial charge on any atom is 0.329 e. The van der Waals surface area contributed by atoms with Gasteiger partial charge in [0.15, 0.2) is 17.4 Å². The number of nitrogens with zero attached hydrogens (tertiary/aromatic N) is 4. The number of pyridine rings is 1. The molecule has 0 bridgehead atoms. The molecule has 0 radical (unpaired) electrons. The molecule has 1 aromatic carbocycles. The number of nitrogen functional groups attached to an aromatic ring is 2. The number of rotatable bonds is 6. The zero-order valence-corrected chi connectivity index (χ0v) is 15.4. The van der Waals surface area contributed by atoms with Crippen LogP contribution in [-0.2, 0) is 4.79 Å². The highest BCUT2D eigenvalue weighted by molar-refractivity contribution is 5.80. The van der Waals surface area contributed by atoms with E-state index in [4.69, 9.17) is 16.2 Å². The lowest BCUT2D eigenvalue weighted by atomic mass is 10.0. The van der Waals surface area contributed by atoms with Crippen molar-refractivity contribution in [2.45, 2.75) is 19.9 Å². The smallest absolute Gasteiger partial charge is 0.329 e. The normalized spacial score (nSPS) is 12.7. The number of esters is 1. The first kappa shape index (κ1) is 19.3. The second-order valence-electron chi connectivity index (χ2n) is 6.39. The first-order valence-electron chi connectivity index (χ1n) is 8.20. The molecule has 0 aliphatic rings. The van der Waals surface area contributed by atoms with Crippen LogP contribution in [0.25, 0.3) is 0 Å². The minimum absolute atomic E-state index is 0.0239. The zero-order chi connectivity index (χ0) is 19.3. The van der Waals surface area contributed by atoms with Crippen molar-refractivity contribution < 1.29 is 9.53 Å². The van der Waals surface area contributed by atoms with Gasteiger partial charge in [0, 0.05) is 6.07 Å². The van der Waals surface area contributed by atoms with E-state index in [-0.39, 0.29) is 29.0 Å². The summed E-state index contributed by atoms with van der Waals surface area (Å²) in [5.41, 5.74) is 12.6. The molecule has 4 N–H and O–H groups in total. The number of carbonyl (C=O) groups is 1. The summed E-state index contributed by atoms with van der Waals surface area (Å²) in [5.74, 6) is -0.114. The predicted molar refractivity (Wildman–Crippen MR) is 102 cm³/mol. The first-order chi connectivity index (χ1) is 12.3. The van der Waals surface area contributed by atoms with Crippen molar-refractivity contribution in [3.05, 3.63) is 36.4 Å². The van der Waals surface area contributed by atoms with Gasteiger partial charge in [-0.2, -0.15) is 5.11 Å². The third-order valence-electron chi connectivity index (χ3n) is 3.69. The molecule has 2 aromatic rings. The van der Waals surface area contributed by atoms with E-state index in [0.29, 0.717) is 5.69 Å². The van der Waals surface area contributed by atoms with Gasteiger partial charge in [-0.1, -0.05) is 32.0 Å². The minimum Gasteiger partial charge on any atom is -0.421 e. The van der Waals surface area contributed by atoms with E-state index >= 15 is 0 Å². The van der Waals surface area contributed by atoms with Crippen LogP contribution in [0.15, 0.2) is 46.6 Å². The highest BCUT2D eigenvalue weighted by Gasteiger charge is 2.27. The minimum atomic E-state index is -0.422. The van der Waals surface area contributed by atoms with E-state index in [1.54, 1.807) is 17.0 Å².